The van der Waals surface area contributed by atoms with E-state index in [2.05, 4.69) is 0 Å². The Bertz CT molecular complexity index is 139. The molecule has 0 bridgehead atoms. The van der Waals surface area contributed by atoms with Crippen molar-refractivity contribution in [3.63, 3.8) is 0 Å². The molecule has 0 aromatic rings. The second kappa shape index (κ2) is 7.06. The summed E-state index contributed by atoms with van der Waals surface area (Å²) in [5.74, 6) is 0. The molecule has 3 nitrogen and oxygen atoms in total. The first kappa shape index (κ1) is 10.7. The maximum atomic E-state index is 8.46. The molecule has 0 amide bonds. The van der Waals surface area contributed by atoms with E-state index in [9.17, 15) is 0 Å². The second-order valence-electron chi connectivity index (χ2n) is 3.11. The molecule has 0 aromatic carbocycles. The summed E-state index contributed by atoms with van der Waals surface area (Å²) in [5, 5.41) is 8.46. The lowest BCUT2D eigenvalue weighted by Gasteiger charge is -2.22. The van der Waals surface area contributed by atoms with Crippen molar-refractivity contribution in [2.75, 3.05) is 19.8 Å². The van der Waals surface area contributed by atoms with Crippen molar-refractivity contribution in [1.29, 1.82) is 0 Å². The zero-order valence-electron chi connectivity index (χ0n) is 7.95. The number of ether oxygens (including phenoxy) is 2. The lowest BCUT2D eigenvalue weighted by atomic mass is 10.2. The topological polar surface area (TPSA) is 38.7 Å². The lowest BCUT2D eigenvalue weighted by molar-refractivity contribution is -0.161. The Hall–Kier alpha value is -0.380. The highest BCUT2D eigenvalue weighted by Crippen LogP contribution is 2.13. The van der Waals surface area contributed by atoms with Crippen LogP contribution in [0, 0.1) is 0 Å². The fraction of sp³-hybridized carbons (Fsp3) is 0.800. The zero-order valence-corrected chi connectivity index (χ0v) is 7.95. The van der Waals surface area contributed by atoms with Gasteiger partial charge in [-0.15, -0.1) is 0 Å². The van der Waals surface area contributed by atoms with Crippen LogP contribution in [0.25, 0.3) is 0 Å². The first-order valence-corrected chi connectivity index (χ1v) is 4.92. The normalized spacial score (nSPS) is 23.9. The van der Waals surface area contributed by atoms with Crippen LogP contribution in [0.2, 0.25) is 0 Å². The number of aliphatic hydroxyl groups excluding tert-OH is 1. The molecule has 3 heteroatoms. The molecular formula is C10H18O3. The van der Waals surface area contributed by atoms with Crippen LogP contribution < -0.4 is 0 Å². The Labute approximate surface area is 79.3 Å². The molecule has 0 aromatic heterocycles. The number of hydrogen-bond acceptors (Lipinski definition) is 3. The van der Waals surface area contributed by atoms with E-state index >= 15 is 0 Å². The van der Waals surface area contributed by atoms with Gasteiger partial charge in [0.2, 0.25) is 0 Å². The number of rotatable bonds is 5. The van der Waals surface area contributed by atoms with E-state index in [1.54, 1.807) is 6.08 Å². The van der Waals surface area contributed by atoms with Crippen LogP contribution in [0.5, 0.6) is 0 Å². The quantitative estimate of drug-likeness (QED) is 0.522. The predicted molar refractivity (Wildman–Crippen MR) is 50.4 cm³/mol. The predicted octanol–water partition coefficient (Wildman–Crippen LogP) is 1.47. The van der Waals surface area contributed by atoms with Gasteiger partial charge in [0.1, 0.15) is 0 Å². The van der Waals surface area contributed by atoms with E-state index in [-0.39, 0.29) is 12.9 Å². The third-order valence-electron chi connectivity index (χ3n) is 2.00. The average Bonchev–Trinajstić information content (AvgIpc) is 2.19. The molecule has 76 valence electrons. The highest BCUT2D eigenvalue weighted by Gasteiger charge is 2.12. The first-order valence-electron chi connectivity index (χ1n) is 4.92. The van der Waals surface area contributed by atoms with Crippen LogP contribution >= 0.6 is 0 Å². The molecule has 0 spiro atoms. The Kier molecular flexibility index (Phi) is 5.81. The highest BCUT2D eigenvalue weighted by molar-refractivity contribution is 4.80. The van der Waals surface area contributed by atoms with Crippen LogP contribution in [0.4, 0.5) is 0 Å². The van der Waals surface area contributed by atoms with Gasteiger partial charge in [-0.3, -0.25) is 0 Å². The van der Waals surface area contributed by atoms with Crippen molar-refractivity contribution >= 4 is 0 Å². The Morgan fingerprint density at radius 1 is 1.38 bits per heavy atom. The van der Waals surface area contributed by atoms with Crippen LogP contribution in [-0.2, 0) is 9.47 Å². The van der Waals surface area contributed by atoms with Gasteiger partial charge in [-0.2, -0.15) is 0 Å². The summed E-state index contributed by atoms with van der Waals surface area (Å²) >= 11 is 0. The molecule has 1 N–H and O–H groups in total. The minimum atomic E-state index is 0.0104. The fourth-order valence-corrected chi connectivity index (χ4v) is 1.30. The third kappa shape index (κ3) is 5.03. The highest BCUT2D eigenvalue weighted by atomic mass is 16.7. The van der Waals surface area contributed by atoms with Crippen LogP contribution in [0.1, 0.15) is 25.7 Å². The van der Waals surface area contributed by atoms with Gasteiger partial charge in [0, 0.05) is 6.61 Å². The van der Waals surface area contributed by atoms with Gasteiger partial charge in [-0.05, 0) is 25.7 Å². The molecule has 1 atom stereocenters. The van der Waals surface area contributed by atoms with E-state index in [1.807, 2.05) is 6.08 Å². The molecule has 1 heterocycles. The molecule has 13 heavy (non-hydrogen) atoms. The standard InChI is InChI=1S/C10H18O3/c11-7-3-1-4-8-12-10-6-2-5-9-13-10/h1,3,10-11H,2,4-9H2/b3-1+/t10-/m0/s1. The van der Waals surface area contributed by atoms with Crippen LogP contribution in [-0.4, -0.2) is 31.2 Å². The van der Waals surface area contributed by atoms with Gasteiger partial charge < -0.3 is 14.6 Å². The Balaban J connectivity index is 1.95. The minimum absolute atomic E-state index is 0.0104. The molecule has 0 unspecified atom stereocenters. The lowest BCUT2D eigenvalue weighted by Crippen LogP contribution is -2.22. The smallest absolute Gasteiger partial charge is 0.157 e. The summed E-state index contributed by atoms with van der Waals surface area (Å²) in [6, 6.07) is 0. The molecule has 0 aliphatic carbocycles. The van der Waals surface area contributed by atoms with Crippen molar-refractivity contribution in [3.05, 3.63) is 12.2 Å². The van der Waals surface area contributed by atoms with Gasteiger partial charge in [-0.1, -0.05) is 12.2 Å². The van der Waals surface area contributed by atoms with Gasteiger partial charge in [0.05, 0.1) is 13.2 Å². The molecule has 1 aliphatic rings. The van der Waals surface area contributed by atoms with Gasteiger partial charge in [0.15, 0.2) is 6.29 Å². The second-order valence-corrected chi connectivity index (χ2v) is 3.11. The van der Waals surface area contributed by atoms with Crippen LogP contribution in [0.3, 0.4) is 0 Å². The van der Waals surface area contributed by atoms with Crippen molar-refractivity contribution in [2.24, 2.45) is 0 Å². The number of hydrogen-bond donors (Lipinski definition) is 1. The van der Waals surface area contributed by atoms with Crippen molar-refractivity contribution in [1.82, 2.24) is 0 Å². The van der Waals surface area contributed by atoms with E-state index in [1.165, 1.54) is 6.42 Å². The first-order chi connectivity index (χ1) is 6.43. The van der Waals surface area contributed by atoms with Crippen molar-refractivity contribution in [3.8, 4) is 0 Å². The molecule has 1 aliphatic heterocycles. The Morgan fingerprint density at radius 3 is 3.00 bits per heavy atom. The third-order valence-corrected chi connectivity index (χ3v) is 2.00. The molecule has 1 saturated heterocycles. The summed E-state index contributed by atoms with van der Waals surface area (Å²) in [6.07, 6.45) is 7.88. The zero-order chi connectivity index (χ0) is 9.36. The fourth-order valence-electron chi connectivity index (χ4n) is 1.30. The van der Waals surface area contributed by atoms with Gasteiger partial charge in [0.25, 0.3) is 0 Å². The average molecular weight is 186 g/mol. The summed E-state index contributed by atoms with van der Waals surface area (Å²) in [5.41, 5.74) is 0. The van der Waals surface area contributed by atoms with E-state index in [0.717, 1.165) is 25.9 Å². The van der Waals surface area contributed by atoms with Gasteiger partial charge >= 0.3 is 0 Å². The summed E-state index contributed by atoms with van der Waals surface area (Å²) in [6.45, 7) is 1.62. The van der Waals surface area contributed by atoms with Crippen LogP contribution in [0.15, 0.2) is 12.2 Å². The largest absolute Gasteiger partial charge is 0.392 e. The summed E-state index contributed by atoms with van der Waals surface area (Å²) in [7, 11) is 0. The molecule has 1 rings (SSSR count). The monoisotopic (exact) mass is 186 g/mol. The summed E-state index contributed by atoms with van der Waals surface area (Å²) < 4.78 is 10.9. The van der Waals surface area contributed by atoms with Crippen molar-refractivity contribution < 1.29 is 14.6 Å². The van der Waals surface area contributed by atoms with Crippen molar-refractivity contribution in [2.45, 2.75) is 32.0 Å². The molecular weight excluding hydrogens is 168 g/mol. The number of aliphatic hydroxyl groups is 1. The van der Waals surface area contributed by atoms with E-state index in [4.69, 9.17) is 14.6 Å². The van der Waals surface area contributed by atoms with E-state index in [0.29, 0.717) is 6.61 Å². The maximum absolute atomic E-state index is 8.46. The molecule has 0 radical (unpaired) electrons. The molecule has 1 fully saturated rings. The van der Waals surface area contributed by atoms with E-state index < -0.39 is 0 Å². The summed E-state index contributed by atoms with van der Waals surface area (Å²) in [4.78, 5) is 0. The SMILES string of the molecule is OC/C=C/CCO[C@@H]1CCCCO1. The Morgan fingerprint density at radius 2 is 2.31 bits per heavy atom. The maximum Gasteiger partial charge on any atom is 0.157 e. The molecule has 0 saturated carbocycles. The minimum Gasteiger partial charge on any atom is -0.392 e. The van der Waals surface area contributed by atoms with Gasteiger partial charge in [-0.25, -0.2) is 0 Å².